The molecule has 1 N–H and O–H groups in total. The fourth-order valence-corrected chi connectivity index (χ4v) is 8.71. The number of alkyl carbamates (subject to hydrolysis) is 1. The van der Waals surface area contributed by atoms with Gasteiger partial charge in [0.15, 0.2) is 5.78 Å². The molecule has 4 nitrogen and oxygen atoms in total. The van der Waals surface area contributed by atoms with E-state index in [0.29, 0.717) is 29.5 Å². The Bertz CT molecular complexity index is 775. The van der Waals surface area contributed by atoms with E-state index >= 15 is 0 Å². The molecular weight excluding hydrogens is 446 g/mol. The van der Waals surface area contributed by atoms with Crippen LogP contribution in [0.2, 0.25) is 0 Å². The number of fused-ring (bicyclic) bond motifs is 5. The molecule has 0 aromatic carbocycles. The molecule has 0 aromatic heterocycles. The molecule has 0 bridgehead atoms. The second-order valence-electron chi connectivity index (χ2n) is 13.0. The minimum atomic E-state index is -0.201. The van der Waals surface area contributed by atoms with Crippen molar-refractivity contribution in [3.05, 3.63) is 11.6 Å². The molecule has 4 rings (SSSR count). The SMILES string of the molecule is CCCCCCCCCCCCNC(=O)OC1CCC2C3C(C)CC4=CC(=O)CCC4C3CCC12C. The van der Waals surface area contributed by atoms with Gasteiger partial charge in [-0.3, -0.25) is 4.79 Å². The van der Waals surface area contributed by atoms with Crippen LogP contribution in [0.15, 0.2) is 11.6 Å². The van der Waals surface area contributed by atoms with Crippen molar-refractivity contribution in [2.75, 3.05) is 6.54 Å². The minimum Gasteiger partial charge on any atom is -0.446 e. The van der Waals surface area contributed by atoms with Crippen LogP contribution < -0.4 is 5.32 Å². The van der Waals surface area contributed by atoms with Gasteiger partial charge >= 0.3 is 6.09 Å². The second kappa shape index (κ2) is 13.0. The lowest BCUT2D eigenvalue weighted by atomic mass is 9.49. The highest BCUT2D eigenvalue weighted by Crippen LogP contribution is 2.63. The molecule has 0 heterocycles. The molecule has 3 fully saturated rings. The van der Waals surface area contributed by atoms with E-state index in [2.05, 4.69) is 26.1 Å². The predicted molar refractivity (Wildman–Crippen MR) is 147 cm³/mol. The number of amides is 1. The summed E-state index contributed by atoms with van der Waals surface area (Å²) in [5.74, 6) is 3.66. The summed E-state index contributed by atoms with van der Waals surface area (Å²) in [6, 6.07) is 0. The summed E-state index contributed by atoms with van der Waals surface area (Å²) in [6.07, 6.45) is 22.4. The van der Waals surface area contributed by atoms with Crippen LogP contribution in [-0.4, -0.2) is 24.5 Å². The third kappa shape index (κ3) is 6.38. The van der Waals surface area contributed by atoms with Gasteiger partial charge in [0.25, 0.3) is 0 Å². The van der Waals surface area contributed by atoms with E-state index in [1.165, 1.54) is 76.2 Å². The fraction of sp³-hybridized carbons (Fsp3) is 0.875. The van der Waals surface area contributed by atoms with Crippen LogP contribution in [0.3, 0.4) is 0 Å². The molecule has 36 heavy (non-hydrogen) atoms. The van der Waals surface area contributed by atoms with Gasteiger partial charge in [-0.25, -0.2) is 4.79 Å². The first kappa shape index (κ1) is 27.7. The van der Waals surface area contributed by atoms with E-state index in [9.17, 15) is 9.59 Å². The molecule has 0 spiro atoms. The van der Waals surface area contributed by atoms with Crippen LogP contribution in [0.4, 0.5) is 4.79 Å². The van der Waals surface area contributed by atoms with Gasteiger partial charge in [-0.05, 0) is 80.6 Å². The highest BCUT2D eigenvalue weighted by molar-refractivity contribution is 5.91. The van der Waals surface area contributed by atoms with E-state index in [4.69, 9.17) is 4.74 Å². The Hall–Kier alpha value is -1.32. The van der Waals surface area contributed by atoms with Gasteiger partial charge < -0.3 is 10.1 Å². The van der Waals surface area contributed by atoms with E-state index in [1.54, 1.807) is 0 Å². The van der Waals surface area contributed by atoms with Crippen LogP contribution in [0.1, 0.15) is 130 Å². The van der Waals surface area contributed by atoms with Gasteiger partial charge in [0.2, 0.25) is 0 Å². The topological polar surface area (TPSA) is 55.4 Å². The average Bonchev–Trinajstić information content (AvgIpc) is 3.18. The van der Waals surface area contributed by atoms with Gasteiger partial charge in [0, 0.05) is 18.4 Å². The predicted octanol–water partition coefficient (Wildman–Crippen LogP) is 8.39. The Labute approximate surface area is 220 Å². The van der Waals surface area contributed by atoms with E-state index in [1.807, 2.05) is 6.08 Å². The van der Waals surface area contributed by atoms with Crippen molar-refractivity contribution in [2.45, 2.75) is 136 Å². The van der Waals surface area contributed by atoms with E-state index < -0.39 is 0 Å². The third-order valence-electron chi connectivity index (χ3n) is 10.6. The maximum Gasteiger partial charge on any atom is 0.407 e. The Morgan fingerprint density at radius 3 is 2.42 bits per heavy atom. The van der Waals surface area contributed by atoms with Crippen LogP contribution in [-0.2, 0) is 9.53 Å². The summed E-state index contributed by atoms with van der Waals surface area (Å²) in [5, 5.41) is 3.05. The second-order valence-corrected chi connectivity index (χ2v) is 13.0. The summed E-state index contributed by atoms with van der Waals surface area (Å²) >= 11 is 0. The largest absolute Gasteiger partial charge is 0.446 e. The molecule has 4 heteroatoms. The zero-order chi connectivity index (χ0) is 25.5. The summed E-state index contributed by atoms with van der Waals surface area (Å²) in [5.41, 5.74) is 1.55. The summed E-state index contributed by atoms with van der Waals surface area (Å²) in [7, 11) is 0. The number of carbonyl (C=O) groups is 2. The maximum absolute atomic E-state index is 12.7. The number of hydrogen-bond donors (Lipinski definition) is 1. The third-order valence-corrected chi connectivity index (χ3v) is 10.6. The smallest absolute Gasteiger partial charge is 0.407 e. The Kier molecular flexibility index (Phi) is 9.98. The lowest BCUT2D eigenvalue weighted by Crippen LogP contribution is -2.51. The zero-order valence-corrected chi connectivity index (χ0v) is 23.5. The Morgan fingerprint density at radius 1 is 1.00 bits per heavy atom. The molecule has 1 amide bonds. The number of nitrogens with one attached hydrogen (secondary N) is 1. The van der Waals surface area contributed by atoms with Crippen LogP contribution >= 0.6 is 0 Å². The van der Waals surface area contributed by atoms with Gasteiger partial charge in [0.1, 0.15) is 6.10 Å². The molecule has 0 aliphatic heterocycles. The lowest BCUT2D eigenvalue weighted by molar-refractivity contribution is -0.116. The monoisotopic (exact) mass is 499 g/mol. The zero-order valence-electron chi connectivity index (χ0n) is 23.5. The van der Waals surface area contributed by atoms with Crippen molar-refractivity contribution in [1.29, 1.82) is 0 Å². The van der Waals surface area contributed by atoms with E-state index in [0.717, 1.165) is 51.0 Å². The number of ether oxygens (including phenoxy) is 1. The molecule has 7 atom stereocenters. The van der Waals surface area contributed by atoms with Crippen molar-refractivity contribution in [3.63, 3.8) is 0 Å². The van der Waals surface area contributed by atoms with Crippen LogP contribution in [0.25, 0.3) is 0 Å². The normalized spacial score (nSPS) is 35.4. The highest BCUT2D eigenvalue weighted by atomic mass is 16.6. The molecule has 204 valence electrons. The van der Waals surface area contributed by atoms with E-state index in [-0.39, 0.29) is 17.6 Å². The summed E-state index contributed by atoms with van der Waals surface area (Å²) in [4.78, 5) is 24.7. The molecule has 0 aromatic rings. The van der Waals surface area contributed by atoms with Crippen molar-refractivity contribution < 1.29 is 14.3 Å². The first-order valence-corrected chi connectivity index (χ1v) is 15.6. The highest BCUT2D eigenvalue weighted by Gasteiger charge is 2.59. The molecule has 7 unspecified atom stereocenters. The van der Waals surface area contributed by atoms with Gasteiger partial charge in [0.05, 0.1) is 0 Å². The van der Waals surface area contributed by atoms with Crippen LogP contribution in [0.5, 0.6) is 0 Å². The first-order valence-electron chi connectivity index (χ1n) is 15.6. The number of carbonyl (C=O) groups excluding carboxylic acids is 2. The molecule has 4 aliphatic carbocycles. The van der Waals surface area contributed by atoms with Crippen molar-refractivity contribution in [1.82, 2.24) is 5.32 Å². The maximum atomic E-state index is 12.7. The molecule has 0 radical (unpaired) electrons. The van der Waals surface area contributed by atoms with Gasteiger partial charge in [-0.2, -0.15) is 0 Å². The van der Waals surface area contributed by atoms with Crippen molar-refractivity contribution in [2.24, 2.45) is 35.0 Å². The van der Waals surface area contributed by atoms with Crippen LogP contribution in [0, 0.1) is 35.0 Å². The van der Waals surface area contributed by atoms with Gasteiger partial charge in [-0.15, -0.1) is 0 Å². The molecule has 4 aliphatic rings. The molecular formula is C32H53NO3. The average molecular weight is 500 g/mol. The number of rotatable bonds is 12. The summed E-state index contributed by atoms with van der Waals surface area (Å²) in [6.45, 7) is 7.82. The number of unbranched alkanes of at least 4 members (excludes halogenated alkanes) is 9. The molecule has 3 saturated carbocycles. The Balaban J connectivity index is 1.18. The number of hydrogen-bond acceptors (Lipinski definition) is 3. The number of ketones is 1. The fourth-order valence-electron chi connectivity index (χ4n) is 8.71. The first-order chi connectivity index (χ1) is 17.4. The quantitative estimate of drug-likeness (QED) is 0.274. The minimum absolute atomic E-state index is 0.0493. The molecule has 0 saturated heterocycles. The number of allylic oxidation sites excluding steroid dienone is 1. The summed E-state index contributed by atoms with van der Waals surface area (Å²) < 4.78 is 6.11. The standard InChI is InChI=1S/C32H53NO3/c1-4-5-6-7-8-9-10-11-12-13-20-33-31(35)36-29-17-16-28-30-23(2)21-24-22-25(34)14-15-26(24)27(30)18-19-32(28,29)3/h22-23,26-30H,4-21H2,1-3H3,(H,33,35). The lowest BCUT2D eigenvalue weighted by Gasteiger charge is -2.55. The Morgan fingerprint density at radius 2 is 1.69 bits per heavy atom. The van der Waals surface area contributed by atoms with Crippen molar-refractivity contribution in [3.8, 4) is 0 Å². The van der Waals surface area contributed by atoms with Gasteiger partial charge in [-0.1, -0.05) is 84.1 Å². The van der Waals surface area contributed by atoms with Crippen molar-refractivity contribution >= 4 is 11.9 Å².